The van der Waals surface area contributed by atoms with Gasteiger partial charge in [0.05, 0.1) is 7.11 Å². The summed E-state index contributed by atoms with van der Waals surface area (Å²) in [5.74, 6) is -0.733. The van der Waals surface area contributed by atoms with Crippen LogP contribution in [0, 0.1) is 5.82 Å². The van der Waals surface area contributed by atoms with E-state index in [1.165, 1.54) is 19.2 Å². The third kappa shape index (κ3) is 2.22. The van der Waals surface area contributed by atoms with Crippen LogP contribution in [0.15, 0.2) is 24.3 Å². The number of hydrogen-bond acceptors (Lipinski definition) is 3. The molecule has 4 nitrogen and oxygen atoms in total. The van der Waals surface area contributed by atoms with E-state index < -0.39 is 12.0 Å². The fourth-order valence-corrected chi connectivity index (χ4v) is 2.03. The Kier molecular flexibility index (Phi) is 3.34. The average Bonchev–Trinajstić information content (AvgIpc) is 2.64. The third-order valence-corrected chi connectivity index (χ3v) is 3.04. The largest absolute Gasteiger partial charge is 0.468 e. The highest BCUT2D eigenvalue weighted by atomic mass is 19.1. The lowest BCUT2D eigenvalue weighted by atomic mass is 10.1. The molecule has 5 heteroatoms. The van der Waals surface area contributed by atoms with Crippen molar-refractivity contribution in [3.8, 4) is 0 Å². The molecule has 1 heterocycles. The topological polar surface area (TPSA) is 57.2 Å². The number of carbonyl (C=O) groups is 1. The maximum atomic E-state index is 13.1. The second-order valence-electron chi connectivity index (χ2n) is 4.23. The highest BCUT2D eigenvalue weighted by Crippen LogP contribution is 2.20. The summed E-state index contributed by atoms with van der Waals surface area (Å²) < 4.78 is 19.6. The maximum absolute atomic E-state index is 13.1. The molecule has 1 aromatic heterocycles. The van der Waals surface area contributed by atoms with Crippen LogP contribution in [-0.4, -0.2) is 23.7 Å². The standard InChI is InChI=1S/C13H15FN2O2/c1-16-10(7-11(15)13(17)18-2)6-8-5-9(14)3-4-12(8)16/h3-6,11H,7,15H2,1-2H3. The van der Waals surface area contributed by atoms with Gasteiger partial charge in [0.15, 0.2) is 0 Å². The summed E-state index contributed by atoms with van der Waals surface area (Å²) in [6.07, 6.45) is 0.361. The number of nitrogens with two attached hydrogens (primary N) is 1. The van der Waals surface area contributed by atoms with E-state index in [4.69, 9.17) is 5.73 Å². The number of fused-ring (bicyclic) bond motifs is 1. The number of methoxy groups -OCH3 is 1. The van der Waals surface area contributed by atoms with Gasteiger partial charge in [0.25, 0.3) is 0 Å². The molecule has 0 saturated heterocycles. The van der Waals surface area contributed by atoms with E-state index in [1.54, 1.807) is 6.07 Å². The zero-order valence-electron chi connectivity index (χ0n) is 10.3. The Hall–Kier alpha value is -1.88. The van der Waals surface area contributed by atoms with Crippen molar-refractivity contribution in [1.29, 1.82) is 0 Å². The molecule has 0 aliphatic carbocycles. The van der Waals surface area contributed by atoms with Crippen LogP contribution >= 0.6 is 0 Å². The second kappa shape index (κ2) is 4.78. The van der Waals surface area contributed by atoms with Gasteiger partial charge >= 0.3 is 5.97 Å². The van der Waals surface area contributed by atoms with E-state index in [1.807, 2.05) is 17.7 Å². The quantitative estimate of drug-likeness (QED) is 0.837. The normalized spacial score (nSPS) is 12.7. The van der Waals surface area contributed by atoms with E-state index in [0.29, 0.717) is 6.42 Å². The van der Waals surface area contributed by atoms with Crippen molar-refractivity contribution in [1.82, 2.24) is 4.57 Å². The highest BCUT2D eigenvalue weighted by molar-refractivity contribution is 5.82. The van der Waals surface area contributed by atoms with Gasteiger partial charge in [-0.2, -0.15) is 0 Å². The first kappa shape index (κ1) is 12.6. The summed E-state index contributed by atoms with van der Waals surface area (Å²) in [5, 5.41) is 0.796. The van der Waals surface area contributed by atoms with Gasteiger partial charge in [0.2, 0.25) is 0 Å². The van der Waals surface area contributed by atoms with Gasteiger partial charge in [-0.3, -0.25) is 4.79 Å². The predicted octanol–water partition coefficient (Wildman–Crippen LogP) is 1.36. The summed E-state index contributed by atoms with van der Waals surface area (Å²) in [6.45, 7) is 0. The first-order valence-electron chi connectivity index (χ1n) is 5.60. The fraction of sp³-hybridized carbons (Fsp3) is 0.308. The number of esters is 1. The molecule has 2 aromatic rings. The van der Waals surface area contributed by atoms with Crippen LogP contribution in [0.5, 0.6) is 0 Å². The highest BCUT2D eigenvalue weighted by Gasteiger charge is 2.17. The lowest BCUT2D eigenvalue weighted by Crippen LogP contribution is -2.34. The smallest absolute Gasteiger partial charge is 0.323 e. The van der Waals surface area contributed by atoms with Crippen molar-refractivity contribution >= 4 is 16.9 Å². The minimum Gasteiger partial charge on any atom is -0.468 e. The van der Waals surface area contributed by atoms with Crippen molar-refractivity contribution in [2.45, 2.75) is 12.5 Å². The van der Waals surface area contributed by atoms with Crippen molar-refractivity contribution in [3.05, 3.63) is 35.8 Å². The predicted molar refractivity (Wildman–Crippen MR) is 66.6 cm³/mol. The molecule has 0 spiro atoms. The second-order valence-corrected chi connectivity index (χ2v) is 4.23. The average molecular weight is 250 g/mol. The molecule has 0 amide bonds. The van der Waals surface area contributed by atoms with Crippen LogP contribution in [-0.2, 0) is 23.0 Å². The Morgan fingerprint density at radius 3 is 2.89 bits per heavy atom. The lowest BCUT2D eigenvalue weighted by molar-refractivity contribution is -0.142. The molecule has 0 bridgehead atoms. The minimum absolute atomic E-state index is 0.281. The van der Waals surface area contributed by atoms with Crippen LogP contribution in [0.3, 0.4) is 0 Å². The van der Waals surface area contributed by atoms with Crippen LogP contribution in [0.25, 0.3) is 10.9 Å². The van der Waals surface area contributed by atoms with Gasteiger partial charge in [0, 0.05) is 30.1 Å². The van der Waals surface area contributed by atoms with Crippen molar-refractivity contribution in [2.75, 3.05) is 7.11 Å². The number of benzene rings is 1. The molecule has 0 aliphatic rings. The van der Waals surface area contributed by atoms with Gasteiger partial charge in [-0.15, -0.1) is 0 Å². The molecule has 0 saturated carbocycles. The molecule has 0 radical (unpaired) electrons. The van der Waals surface area contributed by atoms with E-state index in [-0.39, 0.29) is 5.82 Å². The first-order chi connectivity index (χ1) is 8.52. The van der Waals surface area contributed by atoms with E-state index >= 15 is 0 Å². The van der Waals surface area contributed by atoms with Gasteiger partial charge in [-0.05, 0) is 24.3 Å². The van der Waals surface area contributed by atoms with Crippen molar-refractivity contribution < 1.29 is 13.9 Å². The fourth-order valence-electron chi connectivity index (χ4n) is 2.03. The Bertz CT molecular complexity index is 592. The Labute approximate surface area is 104 Å². The molecule has 2 N–H and O–H groups in total. The number of ether oxygens (including phenoxy) is 1. The number of aryl methyl sites for hydroxylation is 1. The van der Waals surface area contributed by atoms with Gasteiger partial charge in [-0.1, -0.05) is 0 Å². The van der Waals surface area contributed by atoms with Crippen LogP contribution in [0.1, 0.15) is 5.69 Å². The Morgan fingerprint density at radius 1 is 1.50 bits per heavy atom. The summed E-state index contributed by atoms with van der Waals surface area (Å²) in [7, 11) is 3.17. The lowest BCUT2D eigenvalue weighted by Gasteiger charge is -2.10. The monoisotopic (exact) mass is 250 g/mol. The van der Waals surface area contributed by atoms with Gasteiger partial charge in [-0.25, -0.2) is 4.39 Å². The van der Waals surface area contributed by atoms with Crippen LogP contribution in [0.4, 0.5) is 4.39 Å². The molecule has 1 aromatic carbocycles. The number of hydrogen-bond donors (Lipinski definition) is 1. The molecule has 1 atom stereocenters. The van der Waals surface area contributed by atoms with Gasteiger partial charge in [0.1, 0.15) is 11.9 Å². The number of nitrogens with zero attached hydrogens (tertiary/aromatic N) is 1. The van der Waals surface area contributed by atoms with E-state index in [2.05, 4.69) is 4.74 Å². The Morgan fingerprint density at radius 2 is 2.22 bits per heavy atom. The zero-order valence-corrected chi connectivity index (χ0v) is 10.3. The number of halogens is 1. The number of rotatable bonds is 3. The summed E-state index contributed by atoms with van der Waals surface area (Å²) in [5.41, 5.74) is 7.49. The Balaban J connectivity index is 2.34. The van der Waals surface area contributed by atoms with Gasteiger partial charge < -0.3 is 15.0 Å². The maximum Gasteiger partial charge on any atom is 0.323 e. The third-order valence-electron chi connectivity index (χ3n) is 3.04. The molecular formula is C13H15FN2O2. The van der Waals surface area contributed by atoms with E-state index in [0.717, 1.165) is 16.6 Å². The summed E-state index contributed by atoms with van der Waals surface area (Å²) in [6, 6.07) is 5.70. The van der Waals surface area contributed by atoms with E-state index in [9.17, 15) is 9.18 Å². The van der Waals surface area contributed by atoms with Crippen LogP contribution in [0.2, 0.25) is 0 Å². The van der Waals surface area contributed by atoms with Crippen LogP contribution < -0.4 is 5.73 Å². The first-order valence-corrected chi connectivity index (χ1v) is 5.60. The molecule has 18 heavy (non-hydrogen) atoms. The zero-order chi connectivity index (χ0) is 13.3. The molecule has 0 fully saturated rings. The SMILES string of the molecule is COC(=O)C(N)Cc1cc2cc(F)ccc2n1C. The van der Waals surface area contributed by atoms with Crippen molar-refractivity contribution in [3.63, 3.8) is 0 Å². The minimum atomic E-state index is -0.706. The molecular weight excluding hydrogens is 235 g/mol. The molecule has 0 aliphatic heterocycles. The summed E-state index contributed by atoms with van der Waals surface area (Å²) in [4.78, 5) is 11.3. The number of aromatic nitrogens is 1. The molecule has 2 rings (SSSR count). The van der Waals surface area contributed by atoms with Crippen molar-refractivity contribution in [2.24, 2.45) is 12.8 Å². The summed E-state index contributed by atoms with van der Waals surface area (Å²) >= 11 is 0. The molecule has 1 unspecified atom stereocenters. The molecule has 96 valence electrons. The number of carbonyl (C=O) groups excluding carboxylic acids is 1.